The van der Waals surface area contributed by atoms with Crippen molar-refractivity contribution in [3.05, 3.63) is 0 Å². The number of hydrogen-bond donors (Lipinski definition) is 2. The molecule has 1 fully saturated rings. The van der Waals surface area contributed by atoms with E-state index < -0.39 is 10.2 Å². The van der Waals surface area contributed by atoms with Crippen LogP contribution in [0.5, 0.6) is 0 Å². The number of hydrogen-bond acceptors (Lipinski definition) is 3. The van der Waals surface area contributed by atoms with Crippen molar-refractivity contribution in [2.75, 3.05) is 19.6 Å². The third-order valence-corrected chi connectivity index (χ3v) is 4.88. The zero-order valence-corrected chi connectivity index (χ0v) is 11.1. The van der Waals surface area contributed by atoms with Crippen molar-refractivity contribution in [1.82, 2.24) is 9.03 Å². The molecular formula is C10H23N3O2S. The van der Waals surface area contributed by atoms with Gasteiger partial charge < -0.3 is 5.73 Å². The van der Waals surface area contributed by atoms with Crippen LogP contribution in [0.1, 0.15) is 27.2 Å². The van der Waals surface area contributed by atoms with Crippen LogP contribution in [0.15, 0.2) is 0 Å². The zero-order valence-electron chi connectivity index (χ0n) is 10.3. The first-order chi connectivity index (χ1) is 7.36. The summed E-state index contributed by atoms with van der Waals surface area (Å²) < 4.78 is 28.0. The van der Waals surface area contributed by atoms with Crippen LogP contribution >= 0.6 is 0 Å². The molecule has 0 aliphatic carbocycles. The third kappa shape index (κ3) is 3.41. The summed E-state index contributed by atoms with van der Waals surface area (Å²) in [5, 5.41) is 0. The van der Waals surface area contributed by atoms with E-state index in [0.717, 1.165) is 6.42 Å². The lowest BCUT2D eigenvalue weighted by Crippen LogP contribution is -2.50. The molecule has 5 nitrogen and oxygen atoms in total. The molecule has 0 amide bonds. The summed E-state index contributed by atoms with van der Waals surface area (Å²) >= 11 is 0. The Kier molecular flexibility index (Phi) is 4.73. The van der Waals surface area contributed by atoms with E-state index in [1.165, 1.54) is 4.31 Å². The second kappa shape index (κ2) is 5.44. The van der Waals surface area contributed by atoms with Gasteiger partial charge in [-0.05, 0) is 38.6 Å². The summed E-state index contributed by atoms with van der Waals surface area (Å²) in [5.41, 5.74) is 5.66. The van der Waals surface area contributed by atoms with Gasteiger partial charge in [0.1, 0.15) is 0 Å². The van der Waals surface area contributed by atoms with Gasteiger partial charge in [-0.3, -0.25) is 0 Å². The maximum Gasteiger partial charge on any atom is 0.279 e. The van der Waals surface area contributed by atoms with Crippen molar-refractivity contribution in [3.8, 4) is 0 Å². The van der Waals surface area contributed by atoms with Crippen molar-refractivity contribution >= 4 is 10.2 Å². The minimum atomic E-state index is -3.32. The molecule has 96 valence electrons. The second-order valence-corrected chi connectivity index (χ2v) is 6.60. The van der Waals surface area contributed by atoms with Gasteiger partial charge in [-0.1, -0.05) is 6.92 Å². The Balaban J connectivity index is 2.68. The van der Waals surface area contributed by atoms with Crippen molar-refractivity contribution < 1.29 is 8.42 Å². The smallest absolute Gasteiger partial charge is 0.279 e. The quantitative estimate of drug-likeness (QED) is 0.744. The highest BCUT2D eigenvalue weighted by Gasteiger charge is 2.32. The SMILES string of the molecule is CC(C)NS(=O)(=O)N1CCC(C)C(CN)C1. The topological polar surface area (TPSA) is 75.4 Å². The lowest BCUT2D eigenvalue weighted by atomic mass is 9.88. The van der Waals surface area contributed by atoms with E-state index in [2.05, 4.69) is 11.6 Å². The molecule has 0 aromatic heterocycles. The highest BCUT2D eigenvalue weighted by Crippen LogP contribution is 2.23. The van der Waals surface area contributed by atoms with Gasteiger partial charge in [-0.2, -0.15) is 17.4 Å². The van der Waals surface area contributed by atoms with E-state index in [9.17, 15) is 8.42 Å². The van der Waals surface area contributed by atoms with E-state index in [4.69, 9.17) is 5.73 Å². The fourth-order valence-corrected chi connectivity index (χ4v) is 3.49. The molecular weight excluding hydrogens is 226 g/mol. The second-order valence-electron chi connectivity index (χ2n) is 4.90. The fraction of sp³-hybridized carbons (Fsp3) is 1.00. The van der Waals surface area contributed by atoms with Gasteiger partial charge in [-0.25, -0.2) is 0 Å². The molecule has 1 saturated heterocycles. The molecule has 3 N–H and O–H groups in total. The van der Waals surface area contributed by atoms with Crippen LogP contribution < -0.4 is 10.5 Å². The minimum Gasteiger partial charge on any atom is -0.330 e. The maximum absolute atomic E-state index is 11.9. The molecule has 0 aromatic rings. The van der Waals surface area contributed by atoms with Crippen molar-refractivity contribution in [1.29, 1.82) is 0 Å². The Morgan fingerprint density at radius 1 is 1.50 bits per heavy atom. The van der Waals surface area contributed by atoms with E-state index in [1.54, 1.807) is 0 Å². The standard InChI is InChI=1S/C10H23N3O2S/c1-8(2)12-16(14,15)13-5-4-9(3)10(6-11)7-13/h8-10,12H,4-7,11H2,1-3H3. The van der Waals surface area contributed by atoms with Crippen LogP contribution in [0, 0.1) is 11.8 Å². The normalized spacial score (nSPS) is 28.6. The van der Waals surface area contributed by atoms with E-state index >= 15 is 0 Å². The summed E-state index contributed by atoms with van der Waals surface area (Å²) in [6, 6.07) is -0.0688. The number of piperidine rings is 1. The highest BCUT2D eigenvalue weighted by atomic mass is 32.2. The molecule has 1 aliphatic rings. The molecule has 1 heterocycles. The first kappa shape index (κ1) is 13.9. The molecule has 0 spiro atoms. The molecule has 16 heavy (non-hydrogen) atoms. The molecule has 2 atom stereocenters. The van der Waals surface area contributed by atoms with Gasteiger partial charge in [-0.15, -0.1) is 0 Å². The number of rotatable bonds is 4. The van der Waals surface area contributed by atoms with Gasteiger partial charge >= 0.3 is 0 Å². The summed E-state index contributed by atoms with van der Waals surface area (Å²) in [7, 11) is -3.32. The summed E-state index contributed by atoms with van der Waals surface area (Å²) in [6.45, 7) is 7.47. The number of nitrogens with two attached hydrogens (primary N) is 1. The minimum absolute atomic E-state index is 0.0688. The zero-order chi connectivity index (χ0) is 12.3. The van der Waals surface area contributed by atoms with Gasteiger partial charge in [0.15, 0.2) is 0 Å². The third-order valence-electron chi connectivity index (χ3n) is 3.10. The van der Waals surface area contributed by atoms with Gasteiger partial charge in [0.25, 0.3) is 10.2 Å². The van der Waals surface area contributed by atoms with Crippen molar-refractivity contribution in [3.63, 3.8) is 0 Å². The first-order valence-corrected chi connectivity index (χ1v) is 7.28. The van der Waals surface area contributed by atoms with Crippen LogP contribution in [0.4, 0.5) is 0 Å². The molecule has 2 unspecified atom stereocenters. The number of nitrogens with zero attached hydrogens (tertiary/aromatic N) is 1. The molecule has 6 heteroatoms. The van der Waals surface area contributed by atoms with Crippen molar-refractivity contribution in [2.24, 2.45) is 17.6 Å². The largest absolute Gasteiger partial charge is 0.330 e. The highest BCUT2D eigenvalue weighted by molar-refractivity contribution is 7.87. The molecule has 0 aromatic carbocycles. The van der Waals surface area contributed by atoms with Gasteiger partial charge in [0.2, 0.25) is 0 Å². The molecule has 0 radical (unpaired) electrons. The predicted molar refractivity (Wildman–Crippen MR) is 65.1 cm³/mol. The summed E-state index contributed by atoms with van der Waals surface area (Å²) in [4.78, 5) is 0. The number of nitrogens with one attached hydrogen (secondary N) is 1. The van der Waals surface area contributed by atoms with Crippen LogP contribution in [0.25, 0.3) is 0 Å². The maximum atomic E-state index is 11.9. The Morgan fingerprint density at radius 2 is 2.12 bits per heavy atom. The summed E-state index contributed by atoms with van der Waals surface area (Å²) in [5.74, 6) is 0.785. The van der Waals surface area contributed by atoms with E-state index in [-0.39, 0.29) is 12.0 Å². The molecule has 1 aliphatic heterocycles. The Labute approximate surface area is 98.6 Å². The predicted octanol–water partition coefficient (Wildman–Crippen LogP) is 0.146. The van der Waals surface area contributed by atoms with Gasteiger partial charge in [0.05, 0.1) is 0 Å². The average Bonchev–Trinajstić information content (AvgIpc) is 2.16. The van der Waals surface area contributed by atoms with Crippen LogP contribution in [0.3, 0.4) is 0 Å². The Hall–Kier alpha value is -0.170. The molecule has 1 rings (SSSR count). The summed E-state index contributed by atoms with van der Waals surface area (Å²) in [6.07, 6.45) is 0.890. The van der Waals surface area contributed by atoms with E-state index in [1.807, 2.05) is 13.8 Å². The Morgan fingerprint density at radius 3 is 2.62 bits per heavy atom. The monoisotopic (exact) mass is 249 g/mol. The molecule has 0 saturated carbocycles. The first-order valence-electron chi connectivity index (χ1n) is 5.84. The van der Waals surface area contributed by atoms with Crippen LogP contribution in [-0.4, -0.2) is 38.4 Å². The Bertz CT molecular complexity index is 316. The lowest BCUT2D eigenvalue weighted by molar-refractivity contribution is 0.201. The van der Waals surface area contributed by atoms with Crippen LogP contribution in [-0.2, 0) is 10.2 Å². The fourth-order valence-electron chi connectivity index (χ4n) is 2.01. The lowest BCUT2D eigenvalue weighted by Gasteiger charge is -2.35. The average molecular weight is 249 g/mol. The van der Waals surface area contributed by atoms with Crippen molar-refractivity contribution in [2.45, 2.75) is 33.2 Å². The van der Waals surface area contributed by atoms with E-state index in [0.29, 0.717) is 25.6 Å². The van der Waals surface area contributed by atoms with Gasteiger partial charge in [0, 0.05) is 19.1 Å². The molecule has 0 bridgehead atoms. The van der Waals surface area contributed by atoms with Crippen LogP contribution in [0.2, 0.25) is 0 Å².